The highest BCUT2D eigenvalue weighted by molar-refractivity contribution is 5.78. The van der Waals surface area contributed by atoms with Crippen molar-refractivity contribution in [2.75, 3.05) is 20.3 Å². The summed E-state index contributed by atoms with van der Waals surface area (Å²) in [6.07, 6.45) is 0. The highest BCUT2D eigenvalue weighted by atomic mass is 16.5. The molecule has 1 N–H and O–H groups in total. The zero-order valence-electron chi connectivity index (χ0n) is 15.7. The van der Waals surface area contributed by atoms with E-state index in [1.807, 2.05) is 57.2 Å². The molecule has 0 aliphatic rings. The Kier molecular flexibility index (Phi) is 5.49. The first-order chi connectivity index (χ1) is 12.5. The number of aryl methyl sites for hydroxylation is 2. The molecule has 0 bridgehead atoms. The fraction of sp³-hybridized carbons (Fsp3) is 0.333. The highest BCUT2D eigenvalue weighted by Crippen LogP contribution is 2.21. The summed E-state index contributed by atoms with van der Waals surface area (Å²) in [5, 5.41) is 4.01. The van der Waals surface area contributed by atoms with Crippen molar-refractivity contribution in [3.63, 3.8) is 0 Å². The number of fused-ring (bicyclic) bond motifs is 1. The van der Waals surface area contributed by atoms with Gasteiger partial charge in [0.25, 0.3) is 5.56 Å². The van der Waals surface area contributed by atoms with Gasteiger partial charge in [-0.2, -0.15) is 0 Å². The molecule has 0 amide bonds. The molecule has 26 heavy (non-hydrogen) atoms. The Bertz CT molecular complexity index is 979. The van der Waals surface area contributed by atoms with E-state index >= 15 is 0 Å². The number of hydrogen-bond acceptors (Lipinski definition) is 4. The van der Waals surface area contributed by atoms with Crippen LogP contribution in [0.15, 0.2) is 47.3 Å². The average Bonchev–Trinajstić information content (AvgIpc) is 2.64. The van der Waals surface area contributed by atoms with E-state index in [2.05, 4.69) is 11.4 Å². The average molecular weight is 351 g/mol. The van der Waals surface area contributed by atoms with Crippen molar-refractivity contribution < 1.29 is 4.74 Å². The first-order valence-electron chi connectivity index (χ1n) is 8.84. The summed E-state index contributed by atoms with van der Waals surface area (Å²) in [5.41, 5.74) is 3.70. The molecule has 0 unspecified atom stereocenters. The van der Waals surface area contributed by atoms with E-state index in [0.717, 1.165) is 22.3 Å². The topological polar surface area (TPSA) is 56.1 Å². The normalized spacial score (nSPS) is 12.5. The van der Waals surface area contributed by atoms with Crippen LogP contribution in [0.1, 0.15) is 29.9 Å². The molecule has 1 aromatic heterocycles. The third-order valence-corrected chi connectivity index (χ3v) is 4.55. The van der Waals surface area contributed by atoms with Crippen molar-refractivity contribution in [2.45, 2.75) is 26.8 Å². The molecule has 136 valence electrons. The van der Waals surface area contributed by atoms with Crippen LogP contribution in [0.4, 0.5) is 0 Å². The van der Waals surface area contributed by atoms with Crippen LogP contribution >= 0.6 is 0 Å². The first-order valence-corrected chi connectivity index (χ1v) is 8.84. The third-order valence-electron chi connectivity index (χ3n) is 4.55. The molecule has 0 saturated heterocycles. The van der Waals surface area contributed by atoms with Gasteiger partial charge in [-0.25, -0.2) is 4.98 Å². The lowest BCUT2D eigenvalue weighted by Gasteiger charge is -2.21. The van der Waals surface area contributed by atoms with E-state index in [0.29, 0.717) is 24.4 Å². The van der Waals surface area contributed by atoms with Crippen molar-refractivity contribution in [2.24, 2.45) is 0 Å². The third kappa shape index (κ3) is 3.54. The standard InChI is InChI=1S/C21H25N3O2/c1-14-9-10-15(2)19(13-14)24-20(16(3)22-11-12-26-4)23-18-8-6-5-7-17(18)21(24)25/h5-10,13,16,22H,11-12H2,1-4H3/t16-/m0/s1. The summed E-state index contributed by atoms with van der Waals surface area (Å²) in [7, 11) is 1.67. The van der Waals surface area contributed by atoms with Gasteiger partial charge in [0.2, 0.25) is 0 Å². The molecule has 0 radical (unpaired) electrons. The van der Waals surface area contributed by atoms with E-state index < -0.39 is 0 Å². The molecular formula is C21H25N3O2. The molecule has 3 aromatic rings. The van der Waals surface area contributed by atoms with E-state index in [-0.39, 0.29) is 11.6 Å². The zero-order chi connectivity index (χ0) is 18.7. The molecule has 1 heterocycles. The minimum atomic E-state index is -0.0950. The molecule has 0 aliphatic carbocycles. The van der Waals surface area contributed by atoms with Crippen LogP contribution in [-0.2, 0) is 4.74 Å². The van der Waals surface area contributed by atoms with Gasteiger partial charge in [-0.1, -0.05) is 24.3 Å². The Morgan fingerprint density at radius 1 is 1.19 bits per heavy atom. The smallest absolute Gasteiger partial charge is 0.266 e. The van der Waals surface area contributed by atoms with Crippen LogP contribution in [0.3, 0.4) is 0 Å². The Hall–Kier alpha value is -2.50. The largest absolute Gasteiger partial charge is 0.383 e. The van der Waals surface area contributed by atoms with Gasteiger partial charge in [-0.15, -0.1) is 0 Å². The second-order valence-electron chi connectivity index (χ2n) is 6.59. The lowest BCUT2D eigenvalue weighted by Crippen LogP contribution is -2.31. The van der Waals surface area contributed by atoms with Crippen molar-refractivity contribution in [3.05, 3.63) is 69.8 Å². The molecular weight excluding hydrogens is 326 g/mol. The molecule has 3 rings (SSSR count). The van der Waals surface area contributed by atoms with Crippen LogP contribution < -0.4 is 10.9 Å². The summed E-state index contributed by atoms with van der Waals surface area (Å²) in [6, 6.07) is 13.5. The van der Waals surface area contributed by atoms with E-state index in [1.54, 1.807) is 11.7 Å². The van der Waals surface area contributed by atoms with Gasteiger partial charge in [-0.05, 0) is 50.1 Å². The lowest BCUT2D eigenvalue weighted by molar-refractivity contribution is 0.196. The zero-order valence-corrected chi connectivity index (χ0v) is 15.7. The lowest BCUT2D eigenvalue weighted by atomic mass is 10.1. The van der Waals surface area contributed by atoms with Gasteiger partial charge in [0, 0.05) is 13.7 Å². The number of para-hydroxylation sites is 1. The number of benzene rings is 2. The quantitative estimate of drug-likeness (QED) is 0.692. The molecule has 0 saturated carbocycles. The van der Waals surface area contributed by atoms with Crippen LogP contribution in [0, 0.1) is 13.8 Å². The fourth-order valence-corrected chi connectivity index (χ4v) is 3.10. The fourth-order valence-electron chi connectivity index (χ4n) is 3.10. The van der Waals surface area contributed by atoms with Gasteiger partial charge in [0.1, 0.15) is 5.82 Å². The van der Waals surface area contributed by atoms with Crippen LogP contribution in [0.2, 0.25) is 0 Å². The predicted molar refractivity (Wildman–Crippen MR) is 105 cm³/mol. The van der Waals surface area contributed by atoms with E-state index in [4.69, 9.17) is 9.72 Å². The molecule has 0 spiro atoms. The van der Waals surface area contributed by atoms with Crippen LogP contribution in [-0.4, -0.2) is 29.8 Å². The van der Waals surface area contributed by atoms with Crippen molar-refractivity contribution in [1.82, 2.24) is 14.9 Å². The molecule has 1 atom stereocenters. The number of rotatable bonds is 6. The summed E-state index contributed by atoms with van der Waals surface area (Å²) >= 11 is 0. The highest BCUT2D eigenvalue weighted by Gasteiger charge is 2.18. The maximum atomic E-state index is 13.3. The van der Waals surface area contributed by atoms with Crippen LogP contribution in [0.5, 0.6) is 0 Å². The first kappa shape index (κ1) is 18.3. The summed E-state index contributed by atoms with van der Waals surface area (Å²) < 4.78 is 6.87. The Morgan fingerprint density at radius 2 is 1.96 bits per heavy atom. The molecule has 5 nitrogen and oxygen atoms in total. The maximum absolute atomic E-state index is 13.3. The van der Waals surface area contributed by atoms with Gasteiger partial charge in [0.05, 0.1) is 29.2 Å². The Balaban J connectivity index is 2.24. The maximum Gasteiger partial charge on any atom is 0.266 e. The van der Waals surface area contributed by atoms with Gasteiger partial charge in [-0.3, -0.25) is 9.36 Å². The van der Waals surface area contributed by atoms with Gasteiger partial charge in [0.15, 0.2) is 0 Å². The molecule has 0 aliphatic heterocycles. The second-order valence-corrected chi connectivity index (χ2v) is 6.59. The van der Waals surface area contributed by atoms with Crippen molar-refractivity contribution in [1.29, 1.82) is 0 Å². The number of methoxy groups -OCH3 is 1. The SMILES string of the molecule is COCCN[C@@H](C)c1nc2ccccc2c(=O)n1-c1cc(C)ccc1C. The van der Waals surface area contributed by atoms with Gasteiger partial charge < -0.3 is 10.1 Å². The molecule has 5 heteroatoms. The number of ether oxygens (including phenoxy) is 1. The molecule has 2 aromatic carbocycles. The predicted octanol–water partition coefficient (Wildman–Crippen LogP) is 3.30. The van der Waals surface area contributed by atoms with Crippen molar-refractivity contribution >= 4 is 10.9 Å². The van der Waals surface area contributed by atoms with E-state index in [9.17, 15) is 4.79 Å². The number of nitrogens with one attached hydrogen (secondary N) is 1. The minimum Gasteiger partial charge on any atom is -0.383 e. The Labute approximate surface area is 153 Å². The minimum absolute atomic E-state index is 0.0420. The summed E-state index contributed by atoms with van der Waals surface area (Å²) in [4.78, 5) is 18.1. The molecule has 0 fully saturated rings. The number of nitrogens with zero attached hydrogens (tertiary/aromatic N) is 2. The van der Waals surface area contributed by atoms with Crippen LogP contribution in [0.25, 0.3) is 16.6 Å². The number of aromatic nitrogens is 2. The summed E-state index contributed by atoms with van der Waals surface area (Å²) in [5.74, 6) is 0.707. The van der Waals surface area contributed by atoms with Gasteiger partial charge >= 0.3 is 0 Å². The Morgan fingerprint density at radius 3 is 2.73 bits per heavy atom. The van der Waals surface area contributed by atoms with Crippen molar-refractivity contribution in [3.8, 4) is 5.69 Å². The van der Waals surface area contributed by atoms with E-state index in [1.165, 1.54) is 0 Å². The summed E-state index contributed by atoms with van der Waals surface area (Å²) in [6.45, 7) is 7.36. The second kappa shape index (κ2) is 7.81. The monoisotopic (exact) mass is 351 g/mol. The number of hydrogen-bond donors (Lipinski definition) is 1.